The molecule has 4 bridgehead atoms. The Morgan fingerprint density at radius 1 is 0.818 bits per heavy atom. The number of hydrogen-bond donors (Lipinski definition) is 0. The predicted octanol–water partition coefficient (Wildman–Crippen LogP) is 2.32. The van der Waals surface area contributed by atoms with E-state index in [1.807, 2.05) is 0 Å². The van der Waals surface area contributed by atoms with Crippen molar-refractivity contribution in [3.63, 3.8) is 0 Å². The first-order valence-electron chi connectivity index (χ1n) is 9.79. The molecule has 0 amide bonds. The number of fused-ring (bicyclic) bond motifs is 6. The van der Waals surface area contributed by atoms with Gasteiger partial charge in [0.25, 0.3) is 0 Å². The summed E-state index contributed by atoms with van der Waals surface area (Å²) in [5.74, 6) is 0. The lowest BCUT2D eigenvalue weighted by molar-refractivity contribution is -1.01. The fourth-order valence-corrected chi connectivity index (χ4v) is 6.72. The van der Waals surface area contributed by atoms with Crippen LogP contribution in [0.2, 0.25) is 0 Å². The molecule has 3 nitrogen and oxygen atoms in total. The fraction of sp³-hybridized carbons (Fsp3) is 1.00. The molecule has 0 atom stereocenters. The molecular weight excluding hydrogens is 270 g/mol. The quantitative estimate of drug-likeness (QED) is 0.723. The van der Waals surface area contributed by atoms with Gasteiger partial charge in [-0.1, -0.05) is 0 Å². The van der Waals surface area contributed by atoms with Gasteiger partial charge in [0.2, 0.25) is 0 Å². The molecule has 0 radical (unpaired) electrons. The molecule has 0 spiro atoms. The molecule has 6 aliphatic heterocycles. The fourth-order valence-electron chi connectivity index (χ4n) is 6.72. The van der Waals surface area contributed by atoms with Gasteiger partial charge in [-0.05, 0) is 27.7 Å². The van der Waals surface area contributed by atoms with Crippen LogP contribution in [0.3, 0.4) is 0 Å². The summed E-state index contributed by atoms with van der Waals surface area (Å²) < 4.78 is 2.86. The molecular formula is C19H37N3+2. The molecule has 0 N–H and O–H groups in total. The summed E-state index contributed by atoms with van der Waals surface area (Å²) >= 11 is 0. The first kappa shape index (κ1) is 15.4. The van der Waals surface area contributed by atoms with Crippen LogP contribution in [0.15, 0.2) is 0 Å². The van der Waals surface area contributed by atoms with E-state index in [1.165, 1.54) is 87.1 Å². The highest BCUT2D eigenvalue weighted by atomic mass is 15.5. The average Bonchev–Trinajstić information content (AvgIpc) is 2.58. The highest BCUT2D eigenvalue weighted by molar-refractivity contribution is 5.01. The van der Waals surface area contributed by atoms with E-state index in [1.54, 1.807) is 0 Å². The largest absolute Gasteiger partial charge is 0.322 e. The Hall–Kier alpha value is -0.120. The van der Waals surface area contributed by atoms with E-state index in [0.29, 0.717) is 11.0 Å². The van der Waals surface area contributed by atoms with Crippen LogP contribution in [0.25, 0.3) is 0 Å². The van der Waals surface area contributed by atoms with Crippen LogP contribution in [-0.2, 0) is 0 Å². The van der Waals surface area contributed by atoms with Gasteiger partial charge in [0.15, 0.2) is 0 Å². The van der Waals surface area contributed by atoms with Crippen LogP contribution in [0.4, 0.5) is 0 Å². The summed E-state index contributed by atoms with van der Waals surface area (Å²) in [4.78, 5) is 2.69. The zero-order valence-corrected chi connectivity index (χ0v) is 15.4. The van der Waals surface area contributed by atoms with Crippen LogP contribution in [0.5, 0.6) is 0 Å². The normalized spacial score (nSPS) is 48.1. The first-order chi connectivity index (χ1) is 10.4. The Kier molecular flexibility index (Phi) is 3.30. The maximum Gasteiger partial charge on any atom is 0.1000 e. The van der Waals surface area contributed by atoms with Crippen molar-refractivity contribution in [1.29, 1.82) is 0 Å². The Bertz CT molecular complexity index is 407. The summed E-state index contributed by atoms with van der Waals surface area (Å²) in [5, 5.41) is 0. The highest BCUT2D eigenvalue weighted by Crippen LogP contribution is 2.56. The van der Waals surface area contributed by atoms with Crippen molar-refractivity contribution in [2.75, 3.05) is 58.9 Å². The molecule has 6 fully saturated rings. The van der Waals surface area contributed by atoms with E-state index in [4.69, 9.17) is 0 Å². The lowest BCUT2D eigenvalue weighted by Gasteiger charge is -2.67. The molecule has 0 aromatic rings. The van der Waals surface area contributed by atoms with E-state index in [9.17, 15) is 0 Å². The van der Waals surface area contributed by atoms with Crippen molar-refractivity contribution in [1.82, 2.24) is 4.90 Å². The zero-order valence-electron chi connectivity index (χ0n) is 15.4. The van der Waals surface area contributed by atoms with Crippen molar-refractivity contribution in [3.8, 4) is 0 Å². The molecule has 0 unspecified atom stereocenters. The Balaban J connectivity index is 1.61. The highest BCUT2D eigenvalue weighted by Gasteiger charge is 2.64. The number of rotatable bonds is 3. The second-order valence-electron chi connectivity index (χ2n) is 9.73. The number of hydrogen-bond acceptors (Lipinski definition) is 1. The van der Waals surface area contributed by atoms with Gasteiger partial charge < -0.3 is 8.97 Å². The van der Waals surface area contributed by atoms with Gasteiger partial charge in [-0.2, -0.15) is 0 Å². The summed E-state index contributed by atoms with van der Waals surface area (Å²) in [5.41, 5.74) is 1.11. The maximum absolute atomic E-state index is 2.69. The minimum absolute atomic E-state index is 0.479. The molecule has 0 aromatic carbocycles. The van der Waals surface area contributed by atoms with E-state index in [0.717, 1.165) is 6.04 Å². The number of piperazine rings is 3. The van der Waals surface area contributed by atoms with Crippen molar-refractivity contribution >= 4 is 0 Å². The van der Waals surface area contributed by atoms with Crippen LogP contribution < -0.4 is 0 Å². The summed E-state index contributed by atoms with van der Waals surface area (Å²) in [6.45, 7) is 22.9. The maximum atomic E-state index is 2.69. The molecule has 6 rings (SSSR count). The smallest absolute Gasteiger partial charge is 0.1000 e. The van der Waals surface area contributed by atoms with Gasteiger partial charge in [0.1, 0.15) is 0 Å². The minimum atomic E-state index is 0.479. The molecule has 0 aliphatic carbocycles. The molecule has 126 valence electrons. The third-order valence-electron chi connectivity index (χ3n) is 9.22. The van der Waals surface area contributed by atoms with Crippen molar-refractivity contribution in [3.05, 3.63) is 0 Å². The Labute approximate surface area is 137 Å². The van der Waals surface area contributed by atoms with Gasteiger partial charge in [0, 0.05) is 44.3 Å². The van der Waals surface area contributed by atoms with Gasteiger partial charge in [-0.25, -0.2) is 0 Å². The summed E-state index contributed by atoms with van der Waals surface area (Å²) in [6.07, 6.45) is 4.46. The molecule has 6 saturated heterocycles. The van der Waals surface area contributed by atoms with Crippen LogP contribution >= 0.6 is 0 Å². The molecule has 0 aromatic heterocycles. The van der Waals surface area contributed by atoms with Crippen LogP contribution in [0.1, 0.15) is 47.0 Å². The van der Waals surface area contributed by atoms with Crippen molar-refractivity contribution in [2.24, 2.45) is 5.41 Å². The topological polar surface area (TPSA) is 3.24 Å². The van der Waals surface area contributed by atoms with E-state index in [2.05, 4.69) is 32.6 Å². The van der Waals surface area contributed by atoms with Gasteiger partial charge >= 0.3 is 0 Å². The molecule has 6 aliphatic rings. The van der Waals surface area contributed by atoms with Crippen molar-refractivity contribution in [2.45, 2.75) is 58.5 Å². The molecule has 22 heavy (non-hydrogen) atoms. The number of quaternary nitrogens is 2. The van der Waals surface area contributed by atoms with E-state index in [-0.39, 0.29) is 0 Å². The molecule has 0 saturated carbocycles. The predicted molar refractivity (Wildman–Crippen MR) is 91.7 cm³/mol. The lowest BCUT2D eigenvalue weighted by Crippen LogP contribution is -2.80. The lowest BCUT2D eigenvalue weighted by atomic mass is 9.58. The van der Waals surface area contributed by atoms with Crippen LogP contribution in [0, 0.1) is 5.41 Å². The molecule has 3 heteroatoms. The third kappa shape index (κ3) is 1.79. The Morgan fingerprint density at radius 2 is 1.27 bits per heavy atom. The third-order valence-corrected chi connectivity index (χ3v) is 9.22. The standard InChI is InChI=1S/C19H37N3/c1-17(2)21-11-5-19(6-12-21,7-13-21)18(3,4)22-14-8-20(9-15-22)10-16-22/h17H,5-16H2,1-4H3/q+2. The van der Waals surface area contributed by atoms with E-state index >= 15 is 0 Å². The second-order valence-corrected chi connectivity index (χ2v) is 9.73. The number of piperidine rings is 3. The first-order valence-corrected chi connectivity index (χ1v) is 9.79. The average molecular weight is 308 g/mol. The monoisotopic (exact) mass is 307 g/mol. The van der Waals surface area contributed by atoms with Gasteiger partial charge in [-0.3, -0.25) is 4.90 Å². The van der Waals surface area contributed by atoms with Gasteiger partial charge in [-0.15, -0.1) is 0 Å². The SMILES string of the molecule is CC(C)[N+]12CCC(C(C)(C)[N+]34CCN(CC3)CC4)(CC1)CC2. The zero-order chi connectivity index (χ0) is 15.6. The van der Waals surface area contributed by atoms with E-state index < -0.39 is 0 Å². The minimum Gasteiger partial charge on any atom is -0.322 e. The second kappa shape index (κ2) is 4.70. The Morgan fingerprint density at radius 3 is 1.68 bits per heavy atom. The van der Waals surface area contributed by atoms with Crippen molar-refractivity contribution < 1.29 is 8.97 Å². The number of nitrogens with zero attached hydrogens (tertiary/aromatic N) is 3. The van der Waals surface area contributed by atoms with Crippen LogP contribution in [-0.4, -0.2) is 84.3 Å². The summed E-state index contributed by atoms with van der Waals surface area (Å²) in [6, 6.07) is 0.826. The molecule has 6 heterocycles. The summed E-state index contributed by atoms with van der Waals surface area (Å²) in [7, 11) is 0. The van der Waals surface area contributed by atoms with Gasteiger partial charge in [0.05, 0.1) is 50.8 Å².